The minimum Gasteiger partial charge on any atom is -0.496 e. The molecule has 0 unspecified atom stereocenters. The van der Waals surface area contributed by atoms with Gasteiger partial charge in [-0.3, -0.25) is 4.79 Å². The summed E-state index contributed by atoms with van der Waals surface area (Å²) in [6.07, 6.45) is 7.54. The second kappa shape index (κ2) is 7.83. The highest BCUT2D eigenvalue weighted by atomic mass is 16.5. The molecule has 5 rings (SSSR count). The molecule has 0 aliphatic heterocycles. The lowest BCUT2D eigenvalue weighted by Crippen LogP contribution is -2.21. The van der Waals surface area contributed by atoms with Gasteiger partial charge in [-0.2, -0.15) is 0 Å². The van der Waals surface area contributed by atoms with Crippen LogP contribution in [0.15, 0.2) is 36.4 Å². The van der Waals surface area contributed by atoms with Crippen LogP contribution in [0, 0.1) is 11.3 Å². The van der Waals surface area contributed by atoms with Gasteiger partial charge in [0.15, 0.2) is 0 Å². The fourth-order valence-electron chi connectivity index (χ4n) is 6.47. The van der Waals surface area contributed by atoms with Gasteiger partial charge in [-0.05, 0) is 96.4 Å². The zero-order valence-corrected chi connectivity index (χ0v) is 19.4. The smallest absolute Gasteiger partial charge is 0.307 e. The number of carbonyl (C=O) groups is 1. The molecule has 4 nitrogen and oxygen atoms in total. The van der Waals surface area contributed by atoms with Crippen LogP contribution >= 0.6 is 0 Å². The molecule has 32 heavy (non-hydrogen) atoms. The minimum atomic E-state index is -0.662. The Kier molecular flexibility index (Phi) is 5.22. The quantitative estimate of drug-likeness (QED) is 0.584. The number of carboxylic acids is 1. The standard InChI is InChI=1S/C28H34O4/c1-27(2)12-5-7-22(27)21-14-18(8-11-25(21)31-3)17-32-20-10-9-19-6-4-13-28(23(19)15-20)16-24(28)26(29)30/h8-11,14-15,22,24H,4-7,12-13,16-17H2,1-3H3,(H,29,30)/t22-,24-,28-/m0/s1. The first-order chi connectivity index (χ1) is 15.3. The molecular formula is C28H34O4. The van der Waals surface area contributed by atoms with Gasteiger partial charge in [0.05, 0.1) is 13.0 Å². The van der Waals surface area contributed by atoms with Crippen molar-refractivity contribution in [3.8, 4) is 11.5 Å². The van der Waals surface area contributed by atoms with E-state index in [1.54, 1.807) is 7.11 Å². The Morgan fingerprint density at radius 1 is 1.12 bits per heavy atom. The SMILES string of the molecule is COc1ccc(COc2ccc3c(c2)[C@]2(CCC3)C[C@H]2C(=O)O)cc1[C@@H]1CCCC1(C)C. The Morgan fingerprint density at radius 2 is 1.97 bits per heavy atom. The predicted molar refractivity (Wildman–Crippen MR) is 124 cm³/mol. The Morgan fingerprint density at radius 3 is 2.66 bits per heavy atom. The highest BCUT2D eigenvalue weighted by molar-refractivity contribution is 5.78. The summed E-state index contributed by atoms with van der Waals surface area (Å²) in [7, 11) is 1.75. The lowest BCUT2D eigenvalue weighted by Gasteiger charge is -2.29. The average molecular weight is 435 g/mol. The Labute approximate surface area is 190 Å². The maximum atomic E-state index is 11.6. The molecule has 0 amide bonds. The van der Waals surface area contributed by atoms with Gasteiger partial charge in [-0.15, -0.1) is 0 Å². The van der Waals surface area contributed by atoms with Crippen molar-refractivity contribution in [2.75, 3.05) is 7.11 Å². The zero-order chi connectivity index (χ0) is 22.5. The molecule has 2 aromatic carbocycles. The number of carboxylic acid groups (broad SMARTS) is 1. The molecule has 2 aromatic rings. The molecule has 1 spiro atoms. The van der Waals surface area contributed by atoms with Crippen molar-refractivity contribution in [1.29, 1.82) is 0 Å². The van der Waals surface area contributed by atoms with Gasteiger partial charge in [0.2, 0.25) is 0 Å². The van der Waals surface area contributed by atoms with Gasteiger partial charge < -0.3 is 14.6 Å². The maximum absolute atomic E-state index is 11.6. The Balaban J connectivity index is 1.36. The predicted octanol–water partition coefficient (Wildman–Crippen LogP) is 6.25. The van der Waals surface area contributed by atoms with Gasteiger partial charge >= 0.3 is 5.97 Å². The van der Waals surface area contributed by atoms with E-state index in [1.807, 2.05) is 6.07 Å². The molecule has 3 atom stereocenters. The van der Waals surface area contributed by atoms with Crippen LogP contribution in [0.4, 0.5) is 0 Å². The van der Waals surface area contributed by atoms with Crippen LogP contribution in [0.3, 0.4) is 0 Å². The van der Waals surface area contributed by atoms with Gasteiger partial charge in [-0.1, -0.05) is 32.4 Å². The number of methoxy groups -OCH3 is 1. The van der Waals surface area contributed by atoms with Crippen LogP contribution in [-0.4, -0.2) is 18.2 Å². The van der Waals surface area contributed by atoms with Crippen LogP contribution in [0.25, 0.3) is 0 Å². The third-order valence-electron chi connectivity index (χ3n) is 8.39. The van der Waals surface area contributed by atoms with Gasteiger partial charge in [0.1, 0.15) is 18.1 Å². The third-order valence-corrected chi connectivity index (χ3v) is 8.39. The normalized spacial score (nSPS) is 27.7. The second-order valence-electron chi connectivity index (χ2n) is 10.7. The molecule has 0 saturated heterocycles. The lowest BCUT2D eigenvalue weighted by atomic mass is 9.77. The van der Waals surface area contributed by atoms with Crippen molar-refractivity contribution < 1.29 is 19.4 Å². The van der Waals surface area contributed by atoms with Crippen molar-refractivity contribution in [2.24, 2.45) is 11.3 Å². The molecule has 0 bridgehead atoms. The topological polar surface area (TPSA) is 55.8 Å². The van der Waals surface area contributed by atoms with E-state index in [-0.39, 0.29) is 16.7 Å². The molecule has 0 radical (unpaired) electrons. The first-order valence-electron chi connectivity index (χ1n) is 12.0. The number of rotatable bonds is 6. The first kappa shape index (κ1) is 21.4. The number of aryl methyl sites for hydroxylation is 1. The van der Waals surface area contributed by atoms with E-state index in [1.165, 1.54) is 36.0 Å². The van der Waals surface area contributed by atoms with E-state index < -0.39 is 5.97 Å². The van der Waals surface area contributed by atoms with Crippen LogP contribution in [0.5, 0.6) is 11.5 Å². The molecule has 2 saturated carbocycles. The summed E-state index contributed by atoms with van der Waals surface area (Å²) in [6.45, 7) is 5.22. The van der Waals surface area contributed by atoms with Crippen LogP contribution < -0.4 is 9.47 Å². The highest BCUT2D eigenvalue weighted by Gasteiger charge is 2.60. The van der Waals surface area contributed by atoms with Crippen LogP contribution in [0.1, 0.15) is 80.5 Å². The van der Waals surface area contributed by atoms with Crippen molar-refractivity contribution >= 4 is 5.97 Å². The number of fused-ring (bicyclic) bond motifs is 2. The van der Waals surface area contributed by atoms with Crippen molar-refractivity contribution in [1.82, 2.24) is 0 Å². The fourth-order valence-corrected chi connectivity index (χ4v) is 6.47. The summed E-state index contributed by atoms with van der Waals surface area (Å²) in [4.78, 5) is 11.6. The number of hydrogen-bond acceptors (Lipinski definition) is 3. The Bertz CT molecular complexity index is 1040. The average Bonchev–Trinajstić information content (AvgIpc) is 3.39. The second-order valence-corrected chi connectivity index (χ2v) is 10.7. The summed E-state index contributed by atoms with van der Waals surface area (Å²) in [5.74, 6) is 1.40. The molecular weight excluding hydrogens is 400 g/mol. The summed E-state index contributed by atoms with van der Waals surface area (Å²) in [5, 5.41) is 9.57. The van der Waals surface area contributed by atoms with E-state index in [2.05, 4.69) is 44.2 Å². The van der Waals surface area contributed by atoms with Crippen molar-refractivity contribution in [2.45, 2.75) is 76.7 Å². The number of aliphatic carboxylic acids is 1. The first-order valence-corrected chi connectivity index (χ1v) is 12.0. The van der Waals surface area contributed by atoms with E-state index >= 15 is 0 Å². The molecule has 0 heterocycles. The molecule has 170 valence electrons. The molecule has 2 fully saturated rings. The van der Waals surface area contributed by atoms with Crippen molar-refractivity contribution in [3.63, 3.8) is 0 Å². The molecule has 0 aromatic heterocycles. The van der Waals surface area contributed by atoms with Crippen LogP contribution in [0.2, 0.25) is 0 Å². The van der Waals surface area contributed by atoms with Crippen molar-refractivity contribution in [3.05, 3.63) is 58.7 Å². The number of benzene rings is 2. The molecule has 3 aliphatic carbocycles. The molecule has 1 N–H and O–H groups in total. The molecule has 3 aliphatic rings. The molecule has 4 heteroatoms. The summed E-state index contributed by atoms with van der Waals surface area (Å²) >= 11 is 0. The number of ether oxygens (including phenoxy) is 2. The van der Waals surface area contributed by atoms with E-state index in [0.717, 1.165) is 42.7 Å². The Hall–Kier alpha value is -2.49. The van der Waals surface area contributed by atoms with Crippen LogP contribution in [-0.2, 0) is 23.2 Å². The summed E-state index contributed by atoms with van der Waals surface area (Å²) in [6, 6.07) is 12.7. The third kappa shape index (κ3) is 3.58. The monoisotopic (exact) mass is 434 g/mol. The van der Waals surface area contributed by atoms with E-state index in [9.17, 15) is 9.90 Å². The lowest BCUT2D eigenvalue weighted by molar-refractivity contribution is -0.139. The van der Waals surface area contributed by atoms with Gasteiger partial charge in [-0.25, -0.2) is 0 Å². The summed E-state index contributed by atoms with van der Waals surface area (Å²) < 4.78 is 11.9. The summed E-state index contributed by atoms with van der Waals surface area (Å²) in [5.41, 5.74) is 5.05. The van der Waals surface area contributed by atoms with E-state index in [4.69, 9.17) is 9.47 Å². The van der Waals surface area contributed by atoms with Gasteiger partial charge in [0.25, 0.3) is 0 Å². The largest absolute Gasteiger partial charge is 0.496 e. The maximum Gasteiger partial charge on any atom is 0.307 e. The van der Waals surface area contributed by atoms with E-state index in [0.29, 0.717) is 12.5 Å². The van der Waals surface area contributed by atoms with Gasteiger partial charge in [0, 0.05) is 5.41 Å². The minimum absolute atomic E-state index is 0.167. The zero-order valence-electron chi connectivity index (χ0n) is 19.4. The highest BCUT2D eigenvalue weighted by Crippen LogP contribution is 2.60. The number of hydrogen-bond donors (Lipinski definition) is 1. The fraction of sp³-hybridized carbons (Fsp3) is 0.536.